The van der Waals surface area contributed by atoms with E-state index < -0.39 is 23.0 Å². The lowest BCUT2D eigenvalue weighted by Gasteiger charge is -2.27. The van der Waals surface area contributed by atoms with Crippen LogP contribution in [0.25, 0.3) is 10.9 Å². The summed E-state index contributed by atoms with van der Waals surface area (Å²) in [5, 5.41) is 0.0593. The van der Waals surface area contributed by atoms with Gasteiger partial charge in [0.05, 0.1) is 5.52 Å². The van der Waals surface area contributed by atoms with Crippen LogP contribution in [0, 0.1) is 0 Å². The van der Waals surface area contributed by atoms with E-state index >= 15 is 0 Å². The molecule has 1 aliphatic carbocycles. The molecule has 0 atom stereocenters. The largest absolute Gasteiger partial charge is 0.293 e. The molecule has 0 spiro atoms. The Bertz CT molecular complexity index is 661. The van der Waals surface area contributed by atoms with E-state index in [4.69, 9.17) is 0 Å². The highest BCUT2D eigenvalue weighted by Crippen LogP contribution is 2.47. The average molecular weight is 253 g/mol. The van der Waals surface area contributed by atoms with Crippen molar-refractivity contribution in [1.29, 1.82) is 0 Å². The third-order valence-electron chi connectivity index (χ3n) is 2.98. The molecular weight excluding hydrogens is 246 g/mol. The van der Waals surface area contributed by atoms with Crippen LogP contribution in [0.5, 0.6) is 0 Å². The molecule has 1 aliphatic rings. The second-order valence-electron chi connectivity index (χ2n) is 4.14. The molecule has 2 aromatic rings. The van der Waals surface area contributed by atoms with Crippen molar-refractivity contribution in [2.75, 3.05) is 0 Å². The highest BCUT2D eigenvalue weighted by molar-refractivity contribution is 5.85. The second kappa shape index (κ2) is 3.31. The number of nitrogens with zero attached hydrogens (tertiary/aromatic N) is 1. The molecule has 3 rings (SSSR count). The average Bonchev–Trinajstić information content (AvgIpc) is 2.34. The van der Waals surface area contributed by atoms with Gasteiger partial charge >= 0.3 is 0 Å². The molecule has 0 bridgehead atoms. The van der Waals surface area contributed by atoms with Crippen LogP contribution in [0.2, 0.25) is 0 Å². The van der Waals surface area contributed by atoms with E-state index in [0.717, 1.165) is 6.07 Å². The quantitative estimate of drug-likeness (QED) is 0.511. The smallest absolute Gasteiger partial charge is 0.256 e. The molecule has 1 aromatic carbocycles. The summed E-state index contributed by atoms with van der Waals surface area (Å²) in [6.45, 7) is 0. The van der Waals surface area contributed by atoms with E-state index in [1.165, 1.54) is 24.4 Å². The molecular formula is C13H7F4N. The molecule has 5 heteroatoms. The Morgan fingerprint density at radius 3 is 2.39 bits per heavy atom. The number of hydrogen-bond acceptors (Lipinski definition) is 1. The maximum Gasteiger partial charge on any atom is 0.293 e. The molecule has 18 heavy (non-hydrogen) atoms. The Balaban J connectivity index is 2.46. The van der Waals surface area contributed by atoms with Crippen LogP contribution in [0.4, 0.5) is 17.6 Å². The van der Waals surface area contributed by atoms with Crippen molar-refractivity contribution in [3.63, 3.8) is 0 Å². The third-order valence-corrected chi connectivity index (χ3v) is 2.98. The molecule has 92 valence electrons. The van der Waals surface area contributed by atoms with Gasteiger partial charge < -0.3 is 0 Å². The van der Waals surface area contributed by atoms with Gasteiger partial charge in [-0.05, 0) is 30.4 Å². The first kappa shape index (κ1) is 11.2. The van der Waals surface area contributed by atoms with Crippen LogP contribution in [0.15, 0.2) is 42.6 Å². The SMILES string of the molecule is FC1(F)C=CC(F)(F)c2c1ccc1ncccc21. The standard InChI is InChI=1S/C13H7F4N/c14-12(15)5-6-13(16,17)11-8-2-1-7-18-10(8)4-3-9(11)12/h1-7H. The molecule has 0 unspecified atom stereocenters. The topological polar surface area (TPSA) is 12.9 Å². The van der Waals surface area contributed by atoms with E-state index in [1.54, 1.807) is 0 Å². The van der Waals surface area contributed by atoms with E-state index in [-0.39, 0.29) is 23.1 Å². The van der Waals surface area contributed by atoms with Gasteiger partial charge in [0, 0.05) is 22.7 Å². The Hall–Kier alpha value is -1.91. The van der Waals surface area contributed by atoms with Crippen LogP contribution >= 0.6 is 0 Å². The summed E-state index contributed by atoms with van der Waals surface area (Å²) >= 11 is 0. The van der Waals surface area contributed by atoms with Gasteiger partial charge in [-0.1, -0.05) is 6.07 Å². The number of allylic oxidation sites excluding steroid dienone is 2. The van der Waals surface area contributed by atoms with Crippen LogP contribution in [-0.4, -0.2) is 4.98 Å². The lowest BCUT2D eigenvalue weighted by Crippen LogP contribution is -2.25. The van der Waals surface area contributed by atoms with Gasteiger partial charge in [0.15, 0.2) is 0 Å². The highest BCUT2D eigenvalue weighted by atomic mass is 19.3. The van der Waals surface area contributed by atoms with Crippen LogP contribution in [0.1, 0.15) is 11.1 Å². The summed E-state index contributed by atoms with van der Waals surface area (Å²) in [6, 6.07) is 5.18. The molecule has 1 aromatic heterocycles. The van der Waals surface area contributed by atoms with E-state index in [1.807, 2.05) is 0 Å². The number of rotatable bonds is 0. The fourth-order valence-electron chi connectivity index (χ4n) is 2.17. The van der Waals surface area contributed by atoms with Crippen molar-refractivity contribution >= 4 is 10.9 Å². The Morgan fingerprint density at radius 1 is 0.889 bits per heavy atom. The van der Waals surface area contributed by atoms with E-state index in [9.17, 15) is 17.6 Å². The zero-order valence-electron chi connectivity index (χ0n) is 9.00. The normalized spacial score (nSPS) is 19.8. The molecule has 0 fully saturated rings. The van der Waals surface area contributed by atoms with Gasteiger partial charge in [0.1, 0.15) is 0 Å². The van der Waals surface area contributed by atoms with E-state index in [0.29, 0.717) is 0 Å². The second-order valence-corrected chi connectivity index (χ2v) is 4.14. The molecule has 1 heterocycles. The summed E-state index contributed by atoms with van der Waals surface area (Å²) < 4.78 is 54.9. The maximum absolute atomic E-state index is 13.8. The van der Waals surface area contributed by atoms with Crippen LogP contribution < -0.4 is 0 Å². The number of benzene rings is 1. The number of halogens is 4. The third kappa shape index (κ3) is 1.43. The van der Waals surface area contributed by atoms with Gasteiger partial charge in [-0.3, -0.25) is 4.98 Å². The minimum atomic E-state index is -3.40. The lowest BCUT2D eigenvalue weighted by molar-refractivity contribution is 0.00581. The minimum Gasteiger partial charge on any atom is -0.256 e. The van der Waals surface area contributed by atoms with Crippen molar-refractivity contribution in [3.8, 4) is 0 Å². The van der Waals surface area contributed by atoms with Crippen molar-refractivity contribution in [2.45, 2.75) is 11.8 Å². The molecule has 0 N–H and O–H groups in total. The Kier molecular flexibility index (Phi) is 2.06. The van der Waals surface area contributed by atoms with E-state index in [2.05, 4.69) is 4.98 Å². The summed E-state index contributed by atoms with van der Waals surface area (Å²) in [7, 11) is 0. The molecule has 0 saturated carbocycles. The fraction of sp³-hybridized carbons (Fsp3) is 0.154. The maximum atomic E-state index is 13.8. The number of aromatic nitrogens is 1. The number of alkyl halides is 4. The van der Waals surface area contributed by atoms with Gasteiger partial charge in [0.25, 0.3) is 11.8 Å². The zero-order chi connectivity index (χ0) is 13.0. The lowest BCUT2D eigenvalue weighted by atomic mass is 9.88. The zero-order valence-corrected chi connectivity index (χ0v) is 9.00. The Labute approximate surface area is 99.8 Å². The molecule has 0 amide bonds. The van der Waals surface area contributed by atoms with Crippen LogP contribution in [-0.2, 0) is 11.8 Å². The van der Waals surface area contributed by atoms with Gasteiger partial charge in [-0.2, -0.15) is 17.6 Å². The summed E-state index contributed by atoms with van der Waals surface area (Å²) in [5.74, 6) is -6.78. The predicted octanol–water partition coefficient (Wildman–Crippen LogP) is 3.99. The summed E-state index contributed by atoms with van der Waals surface area (Å²) in [5.41, 5.74) is -1.03. The van der Waals surface area contributed by atoms with Gasteiger partial charge in [0.2, 0.25) is 0 Å². The molecule has 1 nitrogen and oxygen atoms in total. The van der Waals surface area contributed by atoms with Gasteiger partial charge in [-0.25, -0.2) is 0 Å². The van der Waals surface area contributed by atoms with Crippen molar-refractivity contribution in [3.05, 3.63) is 53.7 Å². The molecule has 0 saturated heterocycles. The molecule has 0 radical (unpaired) electrons. The number of hydrogen-bond donors (Lipinski definition) is 0. The van der Waals surface area contributed by atoms with Gasteiger partial charge in [-0.15, -0.1) is 0 Å². The first-order chi connectivity index (χ1) is 8.42. The number of pyridine rings is 1. The first-order valence-corrected chi connectivity index (χ1v) is 5.26. The number of fused-ring (bicyclic) bond motifs is 3. The van der Waals surface area contributed by atoms with Crippen molar-refractivity contribution < 1.29 is 17.6 Å². The highest BCUT2D eigenvalue weighted by Gasteiger charge is 2.45. The minimum absolute atomic E-state index is 0.0593. The van der Waals surface area contributed by atoms with Crippen molar-refractivity contribution in [1.82, 2.24) is 4.98 Å². The fourth-order valence-corrected chi connectivity index (χ4v) is 2.17. The predicted molar refractivity (Wildman–Crippen MR) is 58.7 cm³/mol. The molecule has 0 aliphatic heterocycles. The summed E-state index contributed by atoms with van der Waals surface area (Å²) in [4.78, 5) is 3.90. The van der Waals surface area contributed by atoms with Crippen LogP contribution in [0.3, 0.4) is 0 Å². The summed E-state index contributed by atoms with van der Waals surface area (Å²) in [6.07, 6.45) is 1.93. The van der Waals surface area contributed by atoms with Crippen molar-refractivity contribution in [2.24, 2.45) is 0 Å². The Morgan fingerprint density at radius 2 is 1.61 bits per heavy atom. The first-order valence-electron chi connectivity index (χ1n) is 5.26. The monoisotopic (exact) mass is 253 g/mol.